The lowest BCUT2D eigenvalue weighted by atomic mass is 10.2. The van der Waals surface area contributed by atoms with E-state index in [-0.39, 0.29) is 6.01 Å². The van der Waals surface area contributed by atoms with Gasteiger partial charge in [-0.05, 0) is 19.1 Å². The normalized spacial score (nSPS) is 9.94. The highest BCUT2D eigenvalue weighted by atomic mass is 16.6. The summed E-state index contributed by atoms with van der Waals surface area (Å²) in [6.07, 6.45) is 4.45. The molecule has 6 nitrogen and oxygen atoms in total. The third-order valence-electron chi connectivity index (χ3n) is 2.04. The Labute approximate surface area is 98.1 Å². The minimum Gasteiger partial charge on any atom is -0.375 e. The van der Waals surface area contributed by atoms with E-state index in [0.29, 0.717) is 6.54 Å². The Kier molecular flexibility index (Phi) is 3.34. The van der Waals surface area contributed by atoms with Crippen molar-refractivity contribution < 1.29 is 9.53 Å². The molecule has 2 heterocycles. The number of nitrogens with zero attached hydrogens (tertiary/aromatic N) is 2. The Morgan fingerprint density at radius 2 is 2.41 bits per heavy atom. The number of hydrogen-bond acceptors (Lipinski definition) is 4. The van der Waals surface area contributed by atoms with Crippen LogP contribution in [-0.4, -0.2) is 27.6 Å². The summed E-state index contributed by atoms with van der Waals surface area (Å²) in [6, 6.07) is 3.87. The largest absolute Gasteiger partial charge is 0.415 e. The van der Waals surface area contributed by atoms with Gasteiger partial charge in [-0.15, -0.1) is 0 Å². The van der Waals surface area contributed by atoms with Gasteiger partial charge in [-0.25, -0.2) is 9.78 Å². The molecule has 2 N–H and O–H groups in total. The first-order valence-electron chi connectivity index (χ1n) is 5.20. The number of nitrogens with one attached hydrogen (secondary N) is 2. The minimum absolute atomic E-state index is 0.162. The molecule has 0 saturated heterocycles. The quantitative estimate of drug-likeness (QED) is 0.841. The van der Waals surface area contributed by atoms with Gasteiger partial charge in [0.15, 0.2) is 0 Å². The lowest BCUT2D eigenvalue weighted by Crippen LogP contribution is -2.26. The minimum atomic E-state index is -0.528. The van der Waals surface area contributed by atoms with Crippen LogP contribution in [0.1, 0.15) is 6.92 Å². The standard InChI is InChI=1S/C11H12N4O2/c1-2-13-11(16)17-10-14-7-9(15-10)8-4-3-5-12-6-8/h3-7H,2H2,1H3,(H,13,16)(H,14,15). The van der Waals surface area contributed by atoms with E-state index in [0.717, 1.165) is 11.3 Å². The van der Waals surface area contributed by atoms with Crippen LogP contribution in [0.15, 0.2) is 30.7 Å². The molecule has 0 fully saturated rings. The highest BCUT2D eigenvalue weighted by Gasteiger charge is 2.07. The van der Waals surface area contributed by atoms with Crippen LogP contribution in [0.4, 0.5) is 4.79 Å². The fourth-order valence-corrected chi connectivity index (χ4v) is 1.29. The van der Waals surface area contributed by atoms with Crippen LogP contribution >= 0.6 is 0 Å². The number of carbonyl (C=O) groups excluding carboxylic acids is 1. The molecule has 0 aliphatic rings. The van der Waals surface area contributed by atoms with Crippen molar-refractivity contribution in [3.63, 3.8) is 0 Å². The van der Waals surface area contributed by atoms with Gasteiger partial charge < -0.3 is 15.0 Å². The van der Waals surface area contributed by atoms with Gasteiger partial charge in [-0.3, -0.25) is 4.98 Å². The van der Waals surface area contributed by atoms with E-state index in [2.05, 4.69) is 20.3 Å². The Balaban J connectivity index is 2.09. The number of amides is 1. The Morgan fingerprint density at radius 1 is 1.53 bits per heavy atom. The average molecular weight is 232 g/mol. The van der Waals surface area contributed by atoms with E-state index in [4.69, 9.17) is 4.74 Å². The van der Waals surface area contributed by atoms with Gasteiger partial charge in [0.05, 0.1) is 11.9 Å². The Hall–Kier alpha value is -2.37. The molecule has 17 heavy (non-hydrogen) atoms. The number of rotatable bonds is 3. The van der Waals surface area contributed by atoms with Crippen molar-refractivity contribution >= 4 is 6.09 Å². The number of aromatic amines is 1. The topological polar surface area (TPSA) is 79.9 Å². The fourth-order valence-electron chi connectivity index (χ4n) is 1.29. The summed E-state index contributed by atoms with van der Waals surface area (Å²) in [5.41, 5.74) is 1.63. The van der Waals surface area contributed by atoms with Crippen LogP contribution in [0, 0.1) is 0 Å². The Morgan fingerprint density at radius 3 is 3.12 bits per heavy atom. The van der Waals surface area contributed by atoms with E-state index in [1.807, 2.05) is 19.1 Å². The monoisotopic (exact) mass is 232 g/mol. The number of hydrogen-bond donors (Lipinski definition) is 2. The fraction of sp³-hybridized carbons (Fsp3) is 0.182. The second-order valence-electron chi connectivity index (χ2n) is 3.26. The van der Waals surface area contributed by atoms with Crippen molar-refractivity contribution in [1.29, 1.82) is 0 Å². The number of pyridine rings is 1. The summed E-state index contributed by atoms with van der Waals surface area (Å²) in [7, 11) is 0. The summed E-state index contributed by atoms with van der Waals surface area (Å²) < 4.78 is 4.92. The van der Waals surface area contributed by atoms with Gasteiger partial charge >= 0.3 is 12.1 Å². The van der Waals surface area contributed by atoms with E-state index < -0.39 is 6.09 Å². The molecule has 0 atom stereocenters. The first-order chi connectivity index (χ1) is 8.29. The van der Waals surface area contributed by atoms with Gasteiger partial charge in [0.2, 0.25) is 0 Å². The summed E-state index contributed by atoms with van der Waals surface area (Å²) >= 11 is 0. The predicted octanol–water partition coefficient (Wildman–Crippen LogP) is 1.58. The molecule has 2 aromatic rings. The lowest BCUT2D eigenvalue weighted by Gasteiger charge is -2.00. The molecule has 1 amide bonds. The average Bonchev–Trinajstić information content (AvgIpc) is 2.79. The zero-order valence-corrected chi connectivity index (χ0v) is 9.30. The third-order valence-corrected chi connectivity index (χ3v) is 2.04. The highest BCUT2D eigenvalue weighted by molar-refractivity contribution is 5.69. The second-order valence-corrected chi connectivity index (χ2v) is 3.26. The predicted molar refractivity (Wildman–Crippen MR) is 61.5 cm³/mol. The van der Waals surface area contributed by atoms with Crippen LogP contribution in [0.25, 0.3) is 11.3 Å². The van der Waals surface area contributed by atoms with E-state index in [1.165, 1.54) is 0 Å². The molecule has 0 aromatic carbocycles. The summed E-state index contributed by atoms with van der Waals surface area (Å²) in [4.78, 5) is 22.0. The first kappa shape index (κ1) is 11.1. The number of carbonyl (C=O) groups is 1. The highest BCUT2D eigenvalue weighted by Crippen LogP contribution is 2.17. The van der Waals surface area contributed by atoms with Crippen LogP contribution in [0.3, 0.4) is 0 Å². The van der Waals surface area contributed by atoms with Gasteiger partial charge in [-0.2, -0.15) is 0 Å². The number of aromatic nitrogens is 3. The zero-order chi connectivity index (χ0) is 12.1. The summed E-state index contributed by atoms with van der Waals surface area (Å²) in [6.45, 7) is 2.32. The second kappa shape index (κ2) is 5.11. The van der Waals surface area contributed by atoms with Gasteiger partial charge in [0.25, 0.3) is 0 Å². The van der Waals surface area contributed by atoms with E-state index in [1.54, 1.807) is 18.6 Å². The Bertz CT molecular complexity index is 495. The maximum absolute atomic E-state index is 11.2. The van der Waals surface area contributed by atoms with Gasteiger partial charge in [-0.1, -0.05) is 0 Å². The van der Waals surface area contributed by atoms with Crippen molar-refractivity contribution in [3.8, 4) is 17.3 Å². The molecule has 6 heteroatoms. The first-order valence-corrected chi connectivity index (χ1v) is 5.20. The van der Waals surface area contributed by atoms with Gasteiger partial charge in [0, 0.05) is 24.5 Å². The van der Waals surface area contributed by atoms with Crippen LogP contribution in [0.5, 0.6) is 6.01 Å². The molecular weight excluding hydrogens is 220 g/mol. The number of imidazole rings is 1. The molecule has 2 aromatic heterocycles. The molecule has 0 aliphatic carbocycles. The molecule has 0 bridgehead atoms. The van der Waals surface area contributed by atoms with Crippen molar-refractivity contribution in [3.05, 3.63) is 30.7 Å². The molecule has 0 unspecified atom stereocenters. The van der Waals surface area contributed by atoms with Crippen LogP contribution in [-0.2, 0) is 0 Å². The van der Waals surface area contributed by atoms with Crippen LogP contribution < -0.4 is 10.1 Å². The van der Waals surface area contributed by atoms with Gasteiger partial charge in [0.1, 0.15) is 0 Å². The number of ether oxygens (including phenoxy) is 1. The molecule has 88 valence electrons. The third kappa shape index (κ3) is 2.81. The zero-order valence-electron chi connectivity index (χ0n) is 9.30. The van der Waals surface area contributed by atoms with Crippen molar-refractivity contribution in [2.45, 2.75) is 6.92 Å². The molecule has 0 aliphatic heterocycles. The maximum atomic E-state index is 11.2. The smallest absolute Gasteiger partial charge is 0.375 e. The van der Waals surface area contributed by atoms with Crippen molar-refractivity contribution in [1.82, 2.24) is 20.3 Å². The van der Waals surface area contributed by atoms with Crippen molar-refractivity contribution in [2.75, 3.05) is 6.54 Å². The van der Waals surface area contributed by atoms with E-state index >= 15 is 0 Å². The van der Waals surface area contributed by atoms with E-state index in [9.17, 15) is 4.79 Å². The number of H-pyrrole nitrogens is 1. The van der Waals surface area contributed by atoms with Crippen LogP contribution in [0.2, 0.25) is 0 Å². The van der Waals surface area contributed by atoms with Crippen molar-refractivity contribution in [2.24, 2.45) is 0 Å². The SMILES string of the molecule is CCNC(=O)Oc1ncc(-c2cccnc2)[nH]1. The molecular formula is C11H12N4O2. The molecule has 0 radical (unpaired) electrons. The maximum Gasteiger partial charge on any atom is 0.415 e. The molecule has 0 spiro atoms. The summed E-state index contributed by atoms with van der Waals surface area (Å²) in [5.74, 6) is 0. The molecule has 2 rings (SSSR count). The lowest BCUT2D eigenvalue weighted by molar-refractivity contribution is 0.197. The molecule has 0 saturated carbocycles. The summed E-state index contributed by atoms with van der Waals surface area (Å²) in [5, 5.41) is 2.51.